The van der Waals surface area contributed by atoms with E-state index in [9.17, 15) is 13.2 Å². The molecule has 1 atom stereocenters. The zero-order valence-corrected chi connectivity index (χ0v) is 20.0. The minimum Gasteiger partial charge on any atom is -0.348 e. The smallest absolute Gasteiger partial charge is 0.264 e. The van der Waals surface area contributed by atoms with Gasteiger partial charge in [-0.25, -0.2) is 8.42 Å². The van der Waals surface area contributed by atoms with Crippen molar-refractivity contribution in [1.82, 2.24) is 5.32 Å². The number of carbonyl (C=O) groups excluding carboxylic acids is 1. The number of amides is 1. The van der Waals surface area contributed by atoms with Crippen LogP contribution in [0.15, 0.2) is 77.7 Å². The third-order valence-corrected chi connectivity index (χ3v) is 7.33. The van der Waals surface area contributed by atoms with Crippen LogP contribution in [0, 0.1) is 6.92 Å². The average Bonchev–Trinajstić information content (AvgIpc) is 2.79. The molecule has 0 bridgehead atoms. The molecule has 1 N–H and O–H groups in total. The first-order valence-electron chi connectivity index (χ1n) is 10.4. The van der Waals surface area contributed by atoms with E-state index in [4.69, 9.17) is 11.6 Å². The molecule has 0 spiro atoms. The molecule has 1 unspecified atom stereocenters. The van der Waals surface area contributed by atoms with Crippen LogP contribution in [0.2, 0.25) is 5.02 Å². The Balaban J connectivity index is 1.90. The van der Waals surface area contributed by atoms with Gasteiger partial charge >= 0.3 is 0 Å². The predicted octanol–water partition coefficient (Wildman–Crippen LogP) is 5.28. The largest absolute Gasteiger partial charge is 0.348 e. The maximum Gasteiger partial charge on any atom is 0.264 e. The Hall–Kier alpha value is -2.83. The first-order chi connectivity index (χ1) is 15.2. The van der Waals surface area contributed by atoms with Crippen molar-refractivity contribution in [3.63, 3.8) is 0 Å². The molecule has 0 saturated heterocycles. The average molecular weight is 471 g/mol. The van der Waals surface area contributed by atoms with E-state index in [0.717, 1.165) is 16.3 Å². The molecule has 0 aliphatic heterocycles. The molecule has 1 amide bonds. The number of anilines is 1. The summed E-state index contributed by atoms with van der Waals surface area (Å²) in [6, 6.07) is 20.8. The highest BCUT2D eigenvalue weighted by molar-refractivity contribution is 7.92. The van der Waals surface area contributed by atoms with Gasteiger partial charge in [-0.15, -0.1) is 0 Å². The summed E-state index contributed by atoms with van der Waals surface area (Å²) in [5, 5.41) is 3.31. The number of nitrogens with one attached hydrogen (secondary N) is 1. The van der Waals surface area contributed by atoms with E-state index in [2.05, 4.69) is 12.2 Å². The summed E-state index contributed by atoms with van der Waals surface area (Å²) in [5.41, 5.74) is 3.23. The number of nitrogens with zero attached hydrogens (tertiary/aromatic N) is 1. The van der Waals surface area contributed by atoms with E-state index >= 15 is 0 Å². The standard InChI is InChI=1S/C25H27ClN2O3S/c1-4-20-11-13-21(14-12-20)19(3)27-25(29)17-28(24-16-22(26)15-10-18(24)2)32(30,31)23-8-6-5-7-9-23/h5-16,19H,4,17H2,1-3H3,(H,27,29). The lowest BCUT2D eigenvalue weighted by Crippen LogP contribution is -2.41. The van der Waals surface area contributed by atoms with Crippen molar-refractivity contribution in [3.8, 4) is 0 Å². The van der Waals surface area contributed by atoms with E-state index in [1.807, 2.05) is 31.2 Å². The quantitative estimate of drug-likeness (QED) is 0.486. The Kier molecular flexibility index (Phi) is 7.59. The summed E-state index contributed by atoms with van der Waals surface area (Å²) >= 11 is 6.16. The summed E-state index contributed by atoms with van der Waals surface area (Å²) in [6.07, 6.45) is 0.937. The van der Waals surface area contributed by atoms with Crippen LogP contribution in [0.3, 0.4) is 0 Å². The van der Waals surface area contributed by atoms with Crippen molar-refractivity contribution in [2.24, 2.45) is 0 Å². The number of carbonyl (C=O) groups is 1. The van der Waals surface area contributed by atoms with E-state index in [-0.39, 0.29) is 17.5 Å². The number of sulfonamides is 1. The van der Waals surface area contributed by atoms with Crippen LogP contribution in [-0.2, 0) is 21.2 Å². The van der Waals surface area contributed by atoms with Crippen molar-refractivity contribution < 1.29 is 13.2 Å². The highest BCUT2D eigenvalue weighted by Crippen LogP contribution is 2.29. The number of rotatable bonds is 8. The number of aryl methyl sites for hydroxylation is 2. The van der Waals surface area contributed by atoms with E-state index in [0.29, 0.717) is 16.3 Å². The van der Waals surface area contributed by atoms with Crippen LogP contribution < -0.4 is 9.62 Å². The van der Waals surface area contributed by atoms with Gasteiger partial charge in [0.05, 0.1) is 16.6 Å². The van der Waals surface area contributed by atoms with Crippen LogP contribution in [0.5, 0.6) is 0 Å². The summed E-state index contributed by atoms with van der Waals surface area (Å²) in [7, 11) is -3.98. The topological polar surface area (TPSA) is 66.5 Å². The molecule has 168 valence electrons. The van der Waals surface area contributed by atoms with Crippen LogP contribution in [0.1, 0.15) is 36.6 Å². The molecule has 7 heteroatoms. The minimum absolute atomic E-state index is 0.107. The van der Waals surface area contributed by atoms with E-state index in [1.165, 1.54) is 17.7 Å². The molecule has 5 nitrogen and oxygen atoms in total. The van der Waals surface area contributed by atoms with Gasteiger partial charge in [-0.1, -0.05) is 67.1 Å². The third-order valence-electron chi connectivity index (χ3n) is 5.32. The first kappa shape index (κ1) is 23.8. The summed E-state index contributed by atoms with van der Waals surface area (Å²) in [4.78, 5) is 13.1. The van der Waals surface area contributed by atoms with Crippen LogP contribution in [0.4, 0.5) is 5.69 Å². The zero-order valence-electron chi connectivity index (χ0n) is 18.4. The Morgan fingerprint density at radius 3 is 2.31 bits per heavy atom. The molecule has 0 aliphatic carbocycles. The van der Waals surface area contributed by atoms with Gasteiger partial charge < -0.3 is 5.32 Å². The molecule has 3 aromatic carbocycles. The maximum absolute atomic E-state index is 13.5. The lowest BCUT2D eigenvalue weighted by molar-refractivity contribution is -0.120. The molecule has 0 heterocycles. The third kappa shape index (κ3) is 5.50. The number of benzene rings is 3. The second-order valence-electron chi connectivity index (χ2n) is 7.64. The van der Waals surface area contributed by atoms with Gasteiger partial charge in [0.15, 0.2) is 0 Å². The molecular formula is C25H27ClN2O3S. The molecule has 0 aromatic heterocycles. The molecular weight excluding hydrogens is 444 g/mol. The lowest BCUT2D eigenvalue weighted by Gasteiger charge is -2.26. The fourth-order valence-electron chi connectivity index (χ4n) is 3.41. The second kappa shape index (κ2) is 10.2. The zero-order chi connectivity index (χ0) is 23.3. The number of hydrogen-bond acceptors (Lipinski definition) is 3. The fourth-order valence-corrected chi connectivity index (χ4v) is 5.08. The molecule has 0 aliphatic rings. The monoisotopic (exact) mass is 470 g/mol. The number of halogens is 1. The van der Waals surface area contributed by atoms with Crippen molar-refractivity contribution in [2.45, 2.75) is 38.1 Å². The van der Waals surface area contributed by atoms with Crippen molar-refractivity contribution >= 4 is 33.2 Å². The predicted molar refractivity (Wildman–Crippen MR) is 130 cm³/mol. The van der Waals surface area contributed by atoms with Crippen LogP contribution in [0.25, 0.3) is 0 Å². The molecule has 3 rings (SSSR count). The van der Waals surface area contributed by atoms with Gasteiger partial charge in [0, 0.05) is 5.02 Å². The molecule has 3 aromatic rings. The van der Waals surface area contributed by atoms with Crippen molar-refractivity contribution in [1.29, 1.82) is 0 Å². The maximum atomic E-state index is 13.5. The highest BCUT2D eigenvalue weighted by atomic mass is 35.5. The van der Waals surface area contributed by atoms with Crippen molar-refractivity contribution in [3.05, 3.63) is 94.5 Å². The fraction of sp³-hybridized carbons (Fsp3) is 0.240. The lowest BCUT2D eigenvalue weighted by atomic mass is 10.1. The Morgan fingerprint density at radius 2 is 1.69 bits per heavy atom. The SMILES string of the molecule is CCc1ccc(C(C)NC(=O)CN(c2cc(Cl)ccc2C)S(=O)(=O)c2ccccc2)cc1. The summed E-state index contributed by atoms with van der Waals surface area (Å²) < 4.78 is 28.0. The Bertz CT molecular complexity index is 1180. The molecule has 32 heavy (non-hydrogen) atoms. The van der Waals surface area contributed by atoms with Crippen LogP contribution in [-0.4, -0.2) is 20.9 Å². The van der Waals surface area contributed by atoms with Gasteiger partial charge in [-0.2, -0.15) is 0 Å². The van der Waals surface area contributed by atoms with Gasteiger partial charge in [0.2, 0.25) is 5.91 Å². The summed E-state index contributed by atoms with van der Waals surface area (Å²) in [6.45, 7) is 5.38. The Morgan fingerprint density at radius 1 is 1.03 bits per heavy atom. The number of hydrogen-bond donors (Lipinski definition) is 1. The van der Waals surface area contributed by atoms with Gasteiger partial charge in [0.1, 0.15) is 6.54 Å². The molecule has 0 radical (unpaired) electrons. The highest BCUT2D eigenvalue weighted by Gasteiger charge is 2.28. The van der Waals surface area contributed by atoms with Crippen LogP contribution >= 0.6 is 11.6 Å². The minimum atomic E-state index is -3.98. The van der Waals surface area contributed by atoms with E-state index < -0.39 is 15.9 Å². The van der Waals surface area contributed by atoms with Crippen molar-refractivity contribution in [2.75, 3.05) is 10.8 Å². The second-order valence-corrected chi connectivity index (χ2v) is 9.94. The molecule has 0 saturated carbocycles. The molecule has 0 fully saturated rings. The normalized spacial score (nSPS) is 12.2. The Labute approximate surface area is 195 Å². The van der Waals surface area contributed by atoms with Gasteiger partial charge in [-0.3, -0.25) is 9.10 Å². The van der Waals surface area contributed by atoms with E-state index in [1.54, 1.807) is 43.3 Å². The first-order valence-corrected chi connectivity index (χ1v) is 12.3. The van der Waals surface area contributed by atoms with Gasteiger partial charge in [0.25, 0.3) is 10.0 Å². The van der Waals surface area contributed by atoms with Gasteiger partial charge in [-0.05, 0) is 61.2 Å². The summed E-state index contributed by atoms with van der Waals surface area (Å²) in [5.74, 6) is -0.407.